The van der Waals surface area contributed by atoms with E-state index in [0.717, 1.165) is 21.7 Å². The summed E-state index contributed by atoms with van der Waals surface area (Å²) in [7, 11) is -3.83. The number of hydrogen-bond acceptors (Lipinski definition) is 4. The van der Waals surface area contributed by atoms with E-state index in [4.69, 9.17) is 0 Å². The van der Waals surface area contributed by atoms with Gasteiger partial charge in [-0.1, -0.05) is 18.2 Å². The standard InChI is InChI=1S/C23H26F3N3O3S/c1-16-4-3-5-20(12-16)29-11-10-28(14-17(29)2)33(31,32)21-7-6-18-8-9-27(15-19(18)13-21)22(30)23(24,25)26/h3-7,12-13,17H,8-11,14-15H2,1-2H3. The van der Waals surface area contributed by atoms with Gasteiger partial charge in [0.15, 0.2) is 0 Å². The molecule has 10 heteroatoms. The SMILES string of the molecule is Cc1cccc(N2CCN(S(=O)(=O)c3ccc4c(c3)CN(C(=O)C(F)(F)F)CC4)CC2C)c1. The lowest BCUT2D eigenvalue weighted by molar-refractivity contribution is -0.186. The fourth-order valence-corrected chi connectivity index (χ4v) is 6.09. The molecule has 1 unspecified atom stereocenters. The van der Waals surface area contributed by atoms with Crippen LogP contribution in [-0.2, 0) is 27.8 Å². The molecule has 1 amide bonds. The summed E-state index contributed by atoms with van der Waals surface area (Å²) < 4.78 is 66.6. The molecule has 0 radical (unpaired) electrons. The van der Waals surface area contributed by atoms with E-state index >= 15 is 0 Å². The first-order valence-corrected chi connectivity index (χ1v) is 12.2. The molecule has 0 aromatic heterocycles. The number of carbonyl (C=O) groups is 1. The van der Waals surface area contributed by atoms with E-state index < -0.39 is 22.1 Å². The predicted molar refractivity (Wildman–Crippen MR) is 118 cm³/mol. The molecule has 0 bridgehead atoms. The van der Waals surface area contributed by atoms with Gasteiger partial charge in [0.1, 0.15) is 0 Å². The zero-order valence-corrected chi connectivity index (χ0v) is 19.3. The normalized spacial score (nSPS) is 20.0. The minimum atomic E-state index is -4.95. The van der Waals surface area contributed by atoms with Crippen LogP contribution in [0.3, 0.4) is 0 Å². The second kappa shape index (κ2) is 8.64. The van der Waals surface area contributed by atoms with Crippen molar-refractivity contribution < 1.29 is 26.4 Å². The van der Waals surface area contributed by atoms with Crippen molar-refractivity contribution in [1.29, 1.82) is 0 Å². The zero-order chi connectivity index (χ0) is 24.0. The van der Waals surface area contributed by atoms with Crippen molar-refractivity contribution in [3.8, 4) is 0 Å². The van der Waals surface area contributed by atoms with E-state index in [0.29, 0.717) is 25.2 Å². The molecule has 0 spiro atoms. The number of halogens is 3. The first kappa shape index (κ1) is 23.6. The Labute approximate surface area is 191 Å². The van der Waals surface area contributed by atoms with E-state index in [2.05, 4.69) is 11.0 Å². The fraction of sp³-hybridized carbons (Fsp3) is 0.435. The van der Waals surface area contributed by atoms with Crippen LogP contribution in [0, 0.1) is 6.92 Å². The van der Waals surface area contributed by atoms with Crippen LogP contribution in [0.15, 0.2) is 47.4 Å². The lowest BCUT2D eigenvalue weighted by atomic mass is 10.00. The van der Waals surface area contributed by atoms with Gasteiger partial charge in [-0.2, -0.15) is 17.5 Å². The highest BCUT2D eigenvalue weighted by atomic mass is 32.2. The summed E-state index contributed by atoms with van der Waals surface area (Å²) in [4.78, 5) is 14.6. The largest absolute Gasteiger partial charge is 0.471 e. The maximum atomic E-state index is 13.3. The second-order valence-electron chi connectivity index (χ2n) is 8.65. The number of carbonyl (C=O) groups excluding carboxylic acids is 1. The third kappa shape index (κ3) is 4.72. The number of benzene rings is 2. The van der Waals surface area contributed by atoms with Gasteiger partial charge in [-0.05, 0) is 61.2 Å². The Balaban J connectivity index is 1.52. The zero-order valence-electron chi connectivity index (χ0n) is 18.5. The number of aryl methyl sites for hydroxylation is 1. The average Bonchev–Trinajstić information content (AvgIpc) is 2.77. The van der Waals surface area contributed by atoms with Crippen molar-refractivity contribution in [2.45, 2.75) is 43.9 Å². The van der Waals surface area contributed by atoms with Crippen molar-refractivity contribution in [2.24, 2.45) is 0 Å². The van der Waals surface area contributed by atoms with Crippen LogP contribution in [0.1, 0.15) is 23.6 Å². The van der Waals surface area contributed by atoms with Gasteiger partial charge in [0.05, 0.1) is 4.90 Å². The number of amides is 1. The minimum absolute atomic E-state index is 0.0405. The van der Waals surface area contributed by atoms with Crippen LogP contribution < -0.4 is 4.90 Å². The molecule has 6 nitrogen and oxygen atoms in total. The second-order valence-corrected chi connectivity index (χ2v) is 10.6. The Morgan fingerprint density at radius 3 is 2.45 bits per heavy atom. The van der Waals surface area contributed by atoms with Gasteiger partial charge in [-0.25, -0.2) is 8.42 Å². The molecule has 2 aliphatic heterocycles. The molecule has 2 heterocycles. The number of alkyl halides is 3. The molecule has 0 aliphatic carbocycles. The summed E-state index contributed by atoms with van der Waals surface area (Å²) in [6.45, 7) is 4.81. The summed E-state index contributed by atoms with van der Waals surface area (Å²) in [5, 5.41) is 0. The van der Waals surface area contributed by atoms with E-state index in [1.807, 2.05) is 32.0 Å². The summed E-state index contributed by atoms with van der Waals surface area (Å²) in [6.07, 6.45) is -4.70. The van der Waals surface area contributed by atoms with Crippen LogP contribution in [0.2, 0.25) is 0 Å². The Kier molecular flexibility index (Phi) is 6.17. The minimum Gasteiger partial charge on any atom is -0.366 e. The molecular weight excluding hydrogens is 455 g/mol. The molecule has 2 aromatic rings. The molecule has 4 rings (SSSR count). The van der Waals surface area contributed by atoms with Gasteiger partial charge in [-0.15, -0.1) is 0 Å². The molecule has 1 fully saturated rings. The van der Waals surface area contributed by atoms with Gasteiger partial charge >= 0.3 is 12.1 Å². The number of hydrogen-bond donors (Lipinski definition) is 0. The molecule has 1 saturated heterocycles. The quantitative estimate of drug-likeness (QED) is 0.675. The Morgan fingerprint density at radius 2 is 1.79 bits per heavy atom. The van der Waals surface area contributed by atoms with Gasteiger partial charge in [0.2, 0.25) is 10.0 Å². The highest BCUT2D eigenvalue weighted by Gasteiger charge is 2.43. The van der Waals surface area contributed by atoms with Crippen molar-refractivity contribution >= 4 is 21.6 Å². The van der Waals surface area contributed by atoms with Gasteiger partial charge in [0.25, 0.3) is 0 Å². The van der Waals surface area contributed by atoms with E-state index in [1.54, 1.807) is 6.07 Å². The Morgan fingerprint density at radius 1 is 1.03 bits per heavy atom. The molecule has 178 valence electrons. The van der Waals surface area contributed by atoms with Crippen LogP contribution >= 0.6 is 0 Å². The number of piperazine rings is 1. The maximum Gasteiger partial charge on any atom is 0.471 e. The summed E-state index contributed by atoms with van der Waals surface area (Å²) in [5.41, 5.74) is 3.37. The van der Waals surface area contributed by atoms with E-state index in [-0.39, 0.29) is 30.4 Å². The molecule has 2 aromatic carbocycles. The van der Waals surface area contributed by atoms with Crippen molar-refractivity contribution in [3.63, 3.8) is 0 Å². The molecule has 33 heavy (non-hydrogen) atoms. The van der Waals surface area contributed by atoms with Gasteiger partial charge < -0.3 is 9.80 Å². The topological polar surface area (TPSA) is 60.9 Å². The number of anilines is 1. The third-order valence-electron chi connectivity index (χ3n) is 6.28. The molecule has 1 atom stereocenters. The summed E-state index contributed by atoms with van der Waals surface area (Å²) in [5.74, 6) is -1.90. The third-order valence-corrected chi connectivity index (χ3v) is 8.14. The summed E-state index contributed by atoms with van der Waals surface area (Å²) >= 11 is 0. The maximum absolute atomic E-state index is 13.3. The summed E-state index contributed by atoms with van der Waals surface area (Å²) in [6, 6.07) is 12.6. The molecule has 0 N–H and O–H groups in total. The first-order chi connectivity index (χ1) is 15.5. The van der Waals surface area contributed by atoms with E-state index in [9.17, 15) is 26.4 Å². The number of fused-ring (bicyclic) bond motifs is 1. The fourth-order valence-electron chi connectivity index (χ4n) is 4.53. The highest BCUT2D eigenvalue weighted by Crippen LogP contribution is 2.29. The Bertz CT molecular complexity index is 1170. The average molecular weight is 482 g/mol. The van der Waals surface area contributed by atoms with Crippen LogP contribution in [0.5, 0.6) is 0 Å². The molecule has 0 saturated carbocycles. The predicted octanol–water partition coefficient (Wildman–Crippen LogP) is 3.34. The highest BCUT2D eigenvalue weighted by molar-refractivity contribution is 7.89. The smallest absolute Gasteiger partial charge is 0.366 e. The van der Waals surface area contributed by atoms with E-state index in [1.165, 1.54) is 16.4 Å². The lowest BCUT2D eigenvalue weighted by Crippen LogP contribution is -2.53. The van der Waals surface area contributed by atoms with Crippen LogP contribution in [-0.4, -0.2) is 61.9 Å². The van der Waals surface area contributed by atoms with Crippen LogP contribution in [0.25, 0.3) is 0 Å². The lowest BCUT2D eigenvalue weighted by Gasteiger charge is -2.40. The molecule has 2 aliphatic rings. The Hall–Kier alpha value is -2.59. The molecular formula is C23H26F3N3O3S. The number of sulfonamides is 1. The van der Waals surface area contributed by atoms with Crippen LogP contribution in [0.4, 0.5) is 18.9 Å². The van der Waals surface area contributed by atoms with Gasteiger partial charge in [0, 0.05) is 44.5 Å². The first-order valence-electron chi connectivity index (χ1n) is 10.8. The number of nitrogens with zero attached hydrogens (tertiary/aromatic N) is 3. The van der Waals surface area contributed by atoms with Crippen molar-refractivity contribution in [1.82, 2.24) is 9.21 Å². The van der Waals surface area contributed by atoms with Crippen molar-refractivity contribution in [2.75, 3.05) is 31.1 Å². The monoisotopic (exact) mass is 481 g/mol. The van der Waals surface area contributed by atoms with Crippen molar-refractivity contribution in [3.05, 3.63) is 59.2 Å². The van der Waals surface area contributed by atoms with Gasteiger partial charge in [-0.3, -0.25) is 4.79 Å². The number of rotatable bonds is 3.